The van der Waals surface area contributed by atoms with Crippen LogP contribution in [0, 0.1) is 0 Å². The number of hydrogen-bond acceptors (Lipinski definition) is 5. The first-order chi connectivity index (χ1) is 37.2. The Morgan fingerprint density at radius 1 is 0.387 bits per heavy atom. The SMILES string of the molecule is C1=C(C2=NC(c3ccccc3)=NC(c3ccccc3)N2)CNC(n2c3ccc(-c4ccc5c(c4)c4ccccc4n5-c4ccccc4)cc3c3cc(-c4ccc5c(c4)c4ccccc4n5-c4ccccc4)ccc32)N1. The van der Waals surface area contributed by atoms with Crippen molar-refractivity contribution in [2.24, 2.45) is 9.98 Å². The molecule has 3 N–H and O–H groups in total. The summed E-state index contributed by atoms with van der Waals surface area (Å²) < 4.78 is 7.17. The Hall–Kier alpha value is -9.76. The van der Waals surface area contributed by atoms with Gasteiger partial charge in [-0.1, -0.05) is 158 Å². The molecule has 2 aliphatic heterocycles. The van der Waals surface area contributed by atoms with E-state index < -0.39 is 0 Å². The van der Waals surface area contributed by atoms with Crippen molar-refractivity contribution in [3.05, 3.63) is 266 Å². The molecular weight excluding hydrogens is 917 g/mol. The Bertz CT molecular complexity index is 4250. The summed E-state index contributed by atoms with van der Waals surface area (Å²) in [6.45, 7) is 0.581. The van der Waals surface area contributed by atoms with Crippen LogP contribution in [-0.2, 0) is 0 Å². The van der Waals surface area contributed by atoms with Gasteiger partial charge in [-0.3, -0.25) is 5.32 Å². The molecule has 0 amide bonds. The van der Waals surface area contributed by atoms with E-state index in [4.69, 9.17) is 9.98 Å². The second-order valence-electron chi connectivity index (χ2n) is 19.5. The third-order valence-corrected chi connectivity index (χ3v) is 15.2. The Morgan fingerprint density at radius 3 is 1.31 bits per heavy atom. The monoisotopic (exact) mass is 964 g/mol. The van der Waals surface area contributed by atoms with Crippen molar-refractivity contribution in [3.8, 4) is 33.6 Å². The van der Waals surface area contributed by atoms with Crippen LogP contribution in [0.4, 0.5) is 0 Å². The largest absolute Gasteiger partial charge is 0.358 e. The number of aromatic nitrogens is 3. The van der Waals surface area contributed by atoms with E-state index in [1.807, 2.05) is 24.3 Å². The van der Waals surface area contributed by atoms with Gasteiger partial charge in [-0.2, -0.15) is 0 Å². The van der Waals surface area contributed by atoms with Crippen LogP contribution in [0.1, 0.15) is 23.6 Å². The molecule has 0 saturated heterocycles. The first-order valence-corrected chi connectivity index (χ1v) is 25.7. The summed E-state index contributed by atoms with van der Waals surface area (Å²) in [7, 11) is 0. The first kappa shape index (κ1) is 42.9. The lowest BCUT2D eigenvalue weighted by Gasteiger charge is -2.31. The zero-order valence-electron chi connectivity index (χ0n) is 40.8. The zero-order valence-corrected chi connectivity index (χ0v) is 40.8. The summed E-state index contributed by atoms with van der Waals surface area (Å²) in [6.07, 6.45) is 1.59. The van der Waals surface area contributed by atoms with Gasteiger partial charge in [-0.05, 0) is 113 Å². The highest BCUT2D eigenvalue weighted by molar-refractivity contribution is 6.15. The average Bonchev–Trinajstić information content (AvgIpc) is 4.14. The lowest BCUT2D eigenvalue weighted by atomic mass is 9.98. The predicted molar refractivity (Wildman–Crippen MR) is 310 cm³/mol. The van der Waals surface area contributed by atoms with Crippen LogP contribution >= 0.6 is 0 Å². The molecule has 15 rings (SSSR count). The number of fused-ring (bicyclic) bond motifs is 9. The van der Waals surface area contributed by atoms with Gasteiger partial charge in [0.05, 0.1) is 33.1 Å². The molecule has 356 valence electrons. The highest BCUT2D eigenvalue weighted by atomic mass is 15.3. The van der Waals surface area contributed by atoms with Gasteiger partial charge in [0.15, 0.2) is 12.1 Å². The maximum absolute atomic E-state index is 5.12. The Labute approximate surface area is 432 Å². The van der Waals surface area contributed by atoms with Gasteiger partial charge < -0.3 is 24.3 Å². The highest BCUT2D eigenvalue weighted by Gasteiger charge is 2.27. The number of amidine groups is 2. The fourth-order valence-electron chi connectivity index (χ4n) is 11.7. The fourth-order valence-corrected chi connectivity index (χ4v) is 11.7. The van der Waals surface area contributed by atoms with Crippen LogP contribution in [0.25, 0.3) is 99.0 Å². The number of rotatable bonds is 8. The topological polar surface area (TPSA) is 75.6 Å². The number of para-hydroxylation sites is 4. The first-order valence-electron chi connectivity index (χ1n) is 25.7. The molecule has 8 nitrogen and oxygen atoms in total. The smallest absolute Gasteiger partial charge is 0.159 e. The van der Waals surface area contributed by atoms with Gasteiger partial charge >= 0.3 is 0 Å². The third-order valence-electron chi connectivity index (χ3n) is 15.2. The fraction of sp³-hybridized carbons (Fsp3) is 0.0448. The van der Waals surface area contributed by atoms with Crippen LogP contribution in [0.15, 0.2) is 264 Å². The quantitative estimate of drug-likeness (QED) is 0.142. The van der Waals surface area contributed by atoms with Gasteiger partial charge in [0.25, 0.3) is 0 Å². The van der Waals surface area contributed by atoms with Gasteiger partial charge in [-0.15, -0.1) is 0 Å². The molecule has 0 aliphatic carbocycles. The molecule has 0 saturated carbocycles. The van der Waals surface area contributed by atoms with Crippen LogP contribution in [0.5, 0.6) is 0 Å². The summed E-state index contributed by atoms with van der Waals surface area (Å²) in [5, 5.41) is 18.6. The zero-order chi connectivity index (χ0) is 49.4. The van der Waals surface area contributed by atoms with E-state index >= 15 is 0 Å². The molecule has 2 atom stereocenters. The number of nitrogens with one attached hydrogen (secondary N) is 3. The van der Waals surface area contributed by atoms with Gasteiger partial charge in [0.1, 0.15) is 12.0 Å². The van der Waals surface area contributed by atoms with E-state index in [0.717, 1.165) is 56.1 Å². The minimum absolute atomic E-state index is 0.247. The van der Waals surface area contributed by atoms with E-state index in [9.17, 15) is 0 Å². The third kappa shape index (κ3) is 7.17. The molecule has 2 unspecified atom stereocenters. The second-order valence-corrected chi connectivity index (χ2v) is 19.5. The Kier molecular flexibility index (Phi) is 9.99. The molecule has 5 heterocycles. The number of aliphatic imine (C=N–C) groups is 2. The van der Waals surface area contributed by atoms with Crippen molar-refractivity contribution in [1.82, 2.24) is 29.7 Å². The van der Waals surface area contributed by atoms with Gasteiger partial charge in [0.2, 0.25) is 0 Å². The lowest BCUT2D eigenvalue weighted by molar-refractivity contribution is 0.382. The predicted octanol–water partition coefficient (Wildman–Crippen LogP) is 15.0. The Balaban J connectivity index is 0.859. The van der Waals surface area contributed by atoms with Gasteiger partial charge in [-0.25, -0.2) is 9.98 Å². The molecule has 8 heteroatoms. The summed E-state index contributed by atoms with van der Waals surface area (Å²) in [5.41, 5.74) is 17.1. The number of hydrogen-bond donors (Lipinski definition) is 3. The van der Waals surface area contributed by atoms with E-state index in [1.54, 1.807) is 0 Å². The molecule has 0 fully saturated rings. The lowest BCUT2D eigenvalue weighted by Crippen LogP contribution is -2.45. The molecule has 10 aromatic carbocycles. The van der Waals surface area contributed by atoms with Crippen LogP contribution in [-0.4, -0.2) is 31.9 Å². The minimum atomic E-state index is -0.278. The van der Waals surface area contributed by atoms with Crippen molar-refractivity contribution < 1.29 is 0 Å². The Morgan fingerprint density at radius 2 is 0.813 bits per heavy atom. The second kappa shape index (κ2) is 17.5. The van der Waals surface area contributed by atoms with Crippen LogP contribution in [0.2, 0.25) is 0 Å². The molecular formula is C67H48N8. The van der Waals surface area contributed by atoms with Crippen molar-refractivity contribution in [2.45, 2.75) is 12.5 Å². The number of benzene rings is 10. The average molecular weight is 965 g/mol. The van der Waals surface area contributed by atoms with Gasteiger partial charge in [0, 0.05) is 67.6 Å². The minimum Gasteiger partial charge on any atom is -0.358 e. The molecule has 3 aromatic heterocycles. The summed E-state index contributed by atoms with van der Waals surface area (Å²) in [6, 6.07) is 87.3. The molecule has 13 aromatic rings. The van der Waals surface area contributed by atoms with E-state index in [0.29, 0.717) is 12.4 Å². The van der Waals surface area contributed by atoms with E-state index in [2.05, 4.69) is 254 Å². The molecule has 2 aliphatic rings. The highest BCUT2D eigenvalue weighted by Crippen LogP contribution is 2.41. The van der Waals surface area contributed by atoms with Crippen LogP contribution < -0.4 is 16.0 Å². The standard InChI is InChI=1S/C67H48N8/c1-5-17-43(18-6-1)64-70-65(44-19-7-2-8-20-44)72-66(71-64)49-41-68-67(69-42-49)75-62-35-31-47(45-29-33-60-54(37-45)52-25-13-15-27-58(52)73(60)50-21-9-3-10-22-50)39-56(62)57-40-48(32-36-63(57)75)46-30-34-61-55(38-46)53-26-14-16-28-59(53)74(61)51-23-11-4-12-24-51/h1-41,64,67-69H,42H2,(H,70,71,72). The summed E-state index contributed by atoms with van der Waals surface area (Å²) in [5.74, 6) is 1.50. The van der Waals surface area contributed by atoms with E-state index in [-0.39, 0.29) is 12.5 Å². The maximum Gasteiger partial charge on any atom is 0.159 e. The van der Waals surface area contributed by atoms with Crippen molar-refractivity contribution in [3.63, 3.8) is 0 Å². The number of nitrogens with zero attached hydrogens (tertiary/aromatic N) is 5. The van der Waals surface area contributed by atoms with E-state index in [1.165, 1.54) is 65.5 Å². The van der Waals surface area contributed by atoms with Crippen LogP contribution in [0.3, 0.4) is 0 Å². The molecule has 0 bridgehead atoms. The van der Waals surface area contributed by atoms with Crippen molar-refractivity contribution in [1.29, 1.82) is 0 Å². The van der Waals surface area contributed by atoms with Crippen molar-refractivity contribution in [2.75, 3.05) is 6.54 Å². The normalized spacial score (nSPS) is 15.8. The molecule has 0 spiro atoms. The van der Waals surface area contributed by atoms with Crippen molar-refractivity contribution >= 4 is 77.1 Å². The summed E-state index contributed by atoms with van der Waals surface area (Å²) in [4.78, 5) is 10.2. The molecule has 75 heavy (non-hydrogen) atoms. The summed E-state index contributed by atoms with van der Waals surface area (Å²) >= 11 is 0. The molecule has 0 radical (unpaired) electrons. The maximum atomic E-state index is 5.12.